The molecule has 3 rings (SSSR count). The highest BCUT2D eigenvalue weighted by molar-refractivity contribution is 6.10. The number of halogens is 3. The molecule has 0 saturated carbocycles. The average Bonchev–Trinajstić information content (AvgIpc) is 3.09. The van der Waals surface area contributed by atoms with E-state index < -0.39 is 18.6 Å². The van der Waals surface area contributed by atoms with Crippen molar-refractivity contribution in [3.05, 3.63) is 52.7 Å². The van der Waals surface area contributed by atoms with E-state index in [0.717, 1.165) is 16.0 Å². The Morgan fingerprint density at radius 2 is 2.03 bits per heavy atom. The Morgan fingerprint density at radius 1 is 1.31 bits per heavy atom. The first-order chi connectivity index (χ1) is 16.4. The van der Waals surface area contributed by atoms with Crippen molar-refractivity contribution in [2.45, 2.75) is 58.6 Å². The van der Waals surface area contributed by atoms with E-state index in [4.69, 9.17) is 15.6 Å². The van der Waals surface area contributed by atoms with Gasteiger partial charge in [-0.05, 0) is 63.2 Å². The van der Waals surface area contributed by atoms with Crippen LogP contribution in [-0.2, 0) is 13.1 Å². The van der Waals surface area contributed by atoms with Crippen LogP contribution in [0.15, 0.2) is 30.3 Å². The molecule has 188 valence electrons. The Labute approximate surface area is 202 Å². The van der Waals surface area contributed by atoms with Gasteiger partial charge in [-0.3, -0.25) is 20.5 Å². The number of pyridine rings is 1. The fraction of sp³-hybridized carbons (Fsp3) is 0.417. The second kappa shape index (κ2) is 10.4. The quantitative estimate of drug-likeness (QED) is 0.359. The number of nitrogens with zero attached hydrogens (tertiary/aromatic N) is 3. The number of benzene rings is 1. The van der Waals surface area contributed by atoms with Crippen LogP contribution in [0.4, 0.5) is 19.0 Å². The number of carbonyl (C=O) groups excluding carboxylic acids is 1. The maximum Gasteiger partial charge on any atom is 0.391 e. The van der Waals surface area contributed by atoms with E-state index in [1.807, 2.05) is 27.0 Å². The van der Waals surface area contributed by atoms with Gasteiger partial charge in [-0.1, -0.05) is 6.07 Å². The van der Waals surface area contributed by atoms with Crippen molar-refractivity contribution < 1.29 is 22.7 Å². The first-order valence-electron chi connectivity index (χ1n) is 11.2. The Hall–Kier alpha value is -3.47. The van der Waals surface area contributed by atoms with E-state index in [1.165, 1.54) is 17.9 Å². The van der Waals surface area contributed by atoms with Crippen LogP contribution in [0.25, 0.3) is 0 Å². The van der Waals surface area contributed by atoms with Gasteiger partial charge in [0.2, 0.25) is 0 Å². The van der Waals surface area contributed by atoms with Crippen molar-refractivity contribution in [3.63, 3.8) is 0 Å². The number of anilines is 1. The number of amides is 1. The maximum absolute atomic E-state index is 13.3. The van der Waals surface area contributed by atoms with Crippen molar-refractivity contribution in [2.75, 3.05) is 11.9 Å². The molecule has 0 radical (unpaired) electrons. The van der Waals surface area contributed by atoms with Crippen LogP contribution >= 0.6 is 0 Å². The lowest BCUT2D eigenvalue weighted by atomic mass is 10.0. The van der Waals surface area contributed by atoms with Gasteiger partial charge in [0.15, 0.2) is 5.84 Å². The monoisotopic (exact) mass is 490 g/mol. The number of hydrogen-bond donors (Lipinski definition) is 3. The molecule has 35 heavy (non-hydrogen) atoms. The summed E-state index contributed by atoms with van der Waals surface area (Å²) >= 11 is 0. The third-order valence-electron chi connectivity index (χ3n) is 5.50. The van der Waals surface area contributed by atoms with E-state index in [2.05, 4.69) is 10.3 Å². The molecule has 2 heterocycles. The average molecular weight is 491 g/mol. The third kappa shape index (κ3) is 5.97. The van der Waals surface area contributed by atoms with Gasteiger partial charge < -0.3 is 15.0 Å². The summed E-state index contributed by atoms with van der Waals surface area (Å²) in [5.74, 6) is 0.217. The Kier molecular flexibility index (Phi) is 7.79. The highest BCUT2D eigenvalue weighted by Gasteiger charge is 2.34. The molecule has 0 aliphatic carbocycles. The predicted octanol–water partition coefficient (Wildman–Crippen LogP) is 4.32. The molecule has 2 aromatic rings. The van der Waals surface area contributed by atoms with Gasteiger partial charge in [0.1, 0.15) is 17.3 Å². The second-order valence-corrected chi connectivity index (χ2v) is 8.63. The molecule has 11 heteroatoms. The number of ether oxygens (including phenoxy) is 1. The summed E-state index contributed by atoms with van der Waals surface area (Å²) in [5.41, 5.74) is 2.30. The zero-order chi connectivity index (χ0) is 25.9. The molecule has 1 unspecified atom stereocenters. The normalized spacial score (nSPS) is 14.2. The van der Waals surface area contributed by atoms with Crippen LogP contribution < -0.4 is 15.0 Å². The first kappa shape index (κ1) is 26.1. The molecule has 1 aromatic carbocycles. The minimum atomic E-state index is -4.44. The van der Waals surface area contributed by atoms with Gasteiger partial charge in [0.05, 0.1) is 25.4 Å². The Bertz CT molecular complexity index is 1120. The molecule has 1 aliphatic rings. The summed E-state index contributed by atoms with van der Waals surface area (Å²) in [7, 11) is 1.81. The van der Waals surface area contributed by atoms with Gasteiger partial charge in [-0.25, -0.2) is 4.98 Å². The number of amidine groups is 1. The number of nitrogens with one attached hydrogen (secondary N) is 3. The molecule has 0 spiro atoms. The predicted molar refractivity (Wildman–Crippen MR) is 127 cm³/mol. The number of rotatable bonds is 9. The molecule has 1 amide bonds. The molecule has 1 aliphatic heterocycles. The van der Waals surface area contributed by atoms with Gasteiger partial charge in [-0.15, -0.1) is 0 Å². The van der Waals surface area contributed by atoms with Crippen LogP contribution in [0.1, 0.15) is 54.4 Å². The smallest absolute Gasteiger partial charge is 0.391 e. The molecule has 0 fully saturated rings. The fourth-order valence-corrected chi connectivity index (χ4v) is 4.01. The van der Waals surface area contributed by atoms with Crippen LogP contribution in [0.3, 0.4) is 0 Å². The molecule has 3 N–H and O–H groups in total. The van der Waals surface area contributed by atoms with E-state index in [0.29, 0.717) is 24.2 Å². The van der Waals surface area contributed by atoms with Crippen molar-refractivity contribution in [2.24, 2.45) is 0 Å². The lowest BCUT2D eigenvalue weighted by Gasteiger charge is -2.27. The van der Waals surface area contributed by atoms with E-state index in [1.54, 1.807) is 18.2 Å². The van der Waals surface area contributed by atoms with Crippen molar-refractivity contribution in [1.29, 1.82) is 10.8 Å². The van der Waals surface area contributed by atoms with Crippen molar-refractivity contribution in [1.82, 2.24) is 15.2 Å². The molecule has 0 saturated heterocycles. The second-order valence-electron chi connectivity index (χ2n) is 8.63. The topological polar surface area (TPSA) is 105 Å². The first-order valence-corrected chi connectivity index (χ1v) is 11.2. The standard InChI is InChI=1S/C24H29F3N6O2/c1-14(2)35-17-8-16(11-30-4)19-12-32(23(34)18(19)9-17)21-7-5-6-20(31-21)22(29)33(13-28)15(3)10-24(25,26)27/h5-9,13-15,28-30H,10-12H2,1-4H3. The van der Waals surface area contributed by atoms with Crippen LogP contribution in [0, 0.1) is 10.8 Å². The molecule has 1 atom stereocenters. The van der Waals surface area contributed by atoms with Gasteiger partial charge in [0.25, 0.3) is 5.91 Å². The molecule has 8 nitrogen and oxygen atoms in total. The zero-order valence-corrected chi connectivity index (χ0v) is 20.0. The largest absolute Gasteiger partial charge is 0.491 e. The zero-order valence-electron chi connectivity index (χ0n) is 20.0. The number of fused-ring (bicyclic) bond motifs is 1. The van der Waals surface area contributed by atoms with Crippen LogP contribution in [0.2, 0.25) is 0 Å². The molecule has 0 bridgehead atoms. The molecular formula is C24H29F3N6O2. The SMILES string of the molecule is CNCc1cc(OC(C)C)cc2c1CN(c1cccc(C(=N)N(C=N)C(C)CC(F)(F)F)n1)C2=O. The summed E-state index contributed by atoms with van der Waals surface area (Å²) in [4.78, 5) is 20.1. The number of hydrogen-bond acceptors (Lipinski definition) is 6. The molecule has 1 aromatic heterocycles. The summed E-state index contributed by atoms with van der Waals surface area (Å²) in [6, 6.07) is 7.11. The van der Waals surface area contributed by atoms with E-state index in [-0.39, 0.29) is 35.9 Å². The summed E-state index contributed by atoms with van der Waals surface area (Å²) in [6.45, 7) is 5.88. The van der Waals surface area contributed by atoms with Crippen LogP contribution in [-0.4, -0.2) is 53.3 Å². The summed E-state index contributed by atoms with van der Waals surface area (Å²) < 4.78 is 44.4. The summed E-state index contributed by atoms with van der Waals surface area (Å²) in [5, 5.41) is 19.0. The highest BCUT2D eigenvalue weighted by atomic mass is 19.4. The number of carbonyl (C=O) groups is 1. The van der Waals surface area contributed by atoms with E-state index in [9.17, 15) is 18.0 Å². The Balaban J connectivity index is 1.91. The highest BCUT2D eigenvalue weighted by Crippen LogP contribution is 2.33. The number of aromatic nitrogens is 1. The third-order valence-corrected chi connectivity index (χ3v) is 5.50. The van der Waals surface area contributed by atoms with Gasteiger partial charge >= 0.3 is 6.18 Å². The minimum absolute atomic E-state index is 0.0584. The van der Waals surface area contributed by atoms with Crippen molar-refractivity contribution in [3.8, 4) is 5.75 Å². The maximum atomic E-state index is 13.3. The fourth-order valence-electron chi connectivity index (χ4n) is 4.01. The van der Waals surface area contributed by atoms with E-state index >= 15 is 0 Å². The number of alkyl halides is 3. The van der Waals surface area contributed by atoms with Gasteiger partial charge in [-0.2, -0.15) is 13.2 Å². The summed E-state index contributed by atoms with van der Waals surface area (Å²) in [6.07, 6.45) is -5.00. The minimum Gasteiger partial charge on any atom is -0.491 e. The van der Waals surface area contributed by atoms with Crippen molar-refractivity contribution >= 4 is 23.9 Å². The molecular weight excluding hydrogens is 461 g/mol. The Morgan fingerprint density at radius 3 is 2.63 bits per heavy atom. The lowest BCUT2D eigenvalue weighted by Crippen LogP contribution is -2.40. The lowest BCUT2D eigenvalue weighted by molar-refractivity contribution is -0.141. The van der Waals surface area contributed by atoms with Crippen LogP contribution in [0.5, 0.6) is 5.75 Å². The van der Waals surface area contributed by atoms with Gasteiger partial charge in [0, 0.05) is 18.2 Å².